The Hall–Kier alpha value is -2.09. The van der Waals surface area contributed by atoms with Gasteiger partial charge < -0.3 is 13.9 Å². The summed E-state index contributed by atoms with van der Waals surface area (Å²) < 4.78 is 14.7. The third-order valence-electron chi connectivity index (χ3n) is 2.84. The number of rotatable bonds is 8. The van der Waals surface area contributed by atoms with Crippen LogP contribution in [-0.4, -0.2) is 41.5 Å². The fourth-order valence-corrected chi connectivity index (χ4v) is 2.18. The van der Waals surface area contributed by atoms with Crippen LogP contribution in [0.4, 0.5) is 0 Å². The van der Waals surface area contributed by atoms with Gasteiger partial charge in [-0.05, 0) is 26.0 Å². The molecule has 0 fully saturated rings. The van der Waals surface area contributed by atoms with E-state index in [1.165, 1.54) is 32.2 Å². The van der Waals surface area contributed by atoms with E-state index in [9.17, 15) is 19.7 Å². The highest BCUT2D eigenvalue weighted by Gasteiger charge is 2.57. The van der Waals surface area contributed by atoms with E-state index in [0.717, 1.165) is 0 Å². The van der Waals surface area contributed by atoms with Crippen LogP contribution in [0.15, 0.2) is 22.8 Å². The van der Waals surface area contributed by atoms with E-state index >= 15 is 0 Å². The molecule has 0 unspecified atom stereocenters. The second-order valence-corrected chi connectivity index (χ2v) is 4.83. The van der Waals surface area contributed by atoms with E-state index in [1.807, 2.05) is 0 Å². The van der Waals surface area contributed by atoms with Gasteiger partial charge in [-0.15, -0.1) is 0 Å². The zero-order valence-electron chi connectivity index (χ0n) is 12.1. The number of esters is 2. The van der Waals surface area contributed by atoms with E-state index in [4.69, 9.17) is 25.5 Å². The summed E-state index contributed by atoms with van der Waals surface area (Å²) >= 11 is 6.19. The van der Waals surface area contributed by atoms with Crippen molar-refractivity contribution < 1.29 is 28.4 Å². The van der Waals surface area contributed by atoms with Gasteiger partial charge in [0.1, 0.15) is 11.7 Å². The van der Waals surface area contributed by atoms with E-state index in [0.29, 0.717) is 0 Å². The molecule has 0 bridgehead atoms. The molecular weight excluding hydrogens is 318 g/mol. The van der Waals surface area contributed by atoms with Crippen LogP contribution in [0.5, 0.6) is 0 Å². The van der Waals surface area contributed by atoms with Gasteiger partial charge in [0, 0.05) is 4.92 Å². The first-order chi connectivity index (χ1) is 10.4. The van der Waals surface area contributed by atoms with Crippen molar-refractivity contribution in [3.05, 3.63) is 34.3 Å². The minimum atomic E-state index is -2.39. The molecule has 1 rings (SSSR count). The van der Waals surface area contributed by atoms with Gasteiger partial charge in [0.2, 0.25) is 6.54 Å². The number of ether oxygens (including phenoxy) is 2. The van der Waals surface area contributed by atoms with Crippen LogP contribution in [0, 0.1) is 10.1 Å². The minimum Gasteiger partial charge on any atom is -0.469 e. The summed E-state index contributed by atoms with van der Waals surface area (Å²) in [5.41, 5.74) is 0. The molecule has 0 saturated carbocycles. The monoisotopic (exact) mass is 333 g/mol. The summed E-state index contributed by atoms with van der Waals surface area (Å²) in [5, 5.41) is 10.9. The van der Waals surface area contributed by atoms with Gasteiger partial charge in [-0.3, -0.25) is 10.1 Å². The molecule has 0 aliphatic carbocycles. The lowest BCUT2D eigenvalue weighted by atomic mass is 9.89. The van der Waals surface area contributed by atoms with Crippen molar-refractivity contribution in [1.29, 1.82) is 0 Å². The van der Waals surface area contributed by atoms with Crippen molar-refractivity contribution in [3.8, 4) is 0 Å². The molecule has 0 aliphatic heterocycles. The van der Waals surface area contributed by atoms with Crippen molar-refractivity contribution in [3.63, 3.8) is 0 Å². The van der Waals surface area contributed by atoms with Crippen LogP contribution in [-0.2, 0) is 19.1 Å². The molecule has 1 aromatic rings. The summed E-state index contributed by atoms with van der Waals surface area (Å²) in [5.74, 6) is -3.57. The largest absolute Gasteiger partial charge is 0.469 e. The van der Waals surface area contributed by atoms with Gasteiger partial charge in [-0.1, -0.05) is 11.6 Å². The summed E-state index contributed by atoms with van der Waals surface area (Å²) in [6.45, 7) is 2.16. The topological polar surface area (TPSA) is 109 Å². The van der Waals surface area contributed by atoms with Gasteiger partial charge in [0.15, 0.2) is 0 Å². The highest BCUT2D eigenvalue weighted by Crippen LogP contribution is 2.37. The standard InChI is InChI=1S/C13H16ClNO7/c1-3-20-11(16)13(14,12(17)21-4-2)9(8-15(18)19)10-6-5-7-22-10/h5-7,9H,3-4,8H2,1-2H3/t9-/m1/s1. The first-order valence-electron chi connectivity index (χ1n) is 6.56. The number of furan rings is 1. The van der Waals surface area contributed by atoms with Crippen LogP contribution in [0.1, 0.15) is 25.5 Å². The number of hydrogen-bond donors (Lipinski definition) is 0. The van der Waals surface area contributed by atoms with Crippen LogP contribution in [0.25, 0.3) is 0 Å². The predicted octanol–water partition coefficient (Wildman–Crippen LogP) is 1.74. The molecular formula is C13H16ClNO7. The lowest BCUT2D eigenvalue weighted by molar-refractivity contribution is -0.484. The van der Waals surface area contributed by atoms with Crippen LogP contribution >= 0.6 is 11.6 Å². The Balaban J connectivity index is 3.32. The van der Waals surface area contributed by atoms with Gasteiger partial charge in [0.25, 0.3) is 4.87 Å². The Labute approximate surface area is 131 Å². The van der Waals surface area contributed by atoms with Crippen LogP contribution < -0.4 is 0 Å². The van der Waals surface area contributed by atoms with Gasteiger partial charge in [0.05, 0.1) is 19.5 Å². The Morgan fingerprint density at radius 2 is 1.91 bits per heavy atom. The number of hydrogen-bond acceptors (Lipinski definition) is 7. The molecule has 1 heterocycles. The molecule has 0 spiro atoms. The second-order valence-electron chi connectivity index (χ2n) is 4.24. The third-order valence-corrected chi connectivity index (χ3v) is 3.42. The molecule has 8 nitrogen and oxygen atoms in total. The Morgan fingerprint density at radius 3 is 2.27 bits per heavy atom. The molecule has 0 amide bonds. The lowest BCUT2D eigenvalue weighted by Crippen LogP contribution is -2.50. The Bertz CT molecular complexity index is 511. The van der Waals surface area contributed by atoms with Crippen LogP contribution in [0.3, 0.4) is 0 Å². The number of carbonyl (C=O) groups is 2. The Kier molecular flexibility index (Phi) is 6.36. The average Bonchev–Trinajstić information content (AvgIpc) is 2.98. The fourth-order valence-electron chi connectivity index (χ4n) is 1.89. The summed E-state index contributed by atoms with van der Waals surface area (Å²) in [6.07, 6.45) is 1.26. The zero-order chi connectivity index (χ0) is 16.8. The highest BCUT2D eigenvalue weighted by molar-refractivity contribution is 6.45. The number of nitrogens with zero attached hydrogens (tertiary/aromatic N) is 1. The highest BCUT2D eigenvalue weighted by atomic mass is 35.5. The number of alkyl halides is 1. The molecule has 22 heavy (non-hydrogen) atoms. The molecule has 0 N–H and O–H groups in total. The van der Waals surface area contributed by atoms with E-state index in [1.54, 1.807) is 0 Å². The fraction of sp³-hybridized carbons (Fsp3) is 0.538. The SMILES string of the molecule is CCOC(=O)C(Cl)(C(=O)OCC)[C@H](C[N+](=O)[O-])c1ccco1. The molecule has 9 heteroatoms. The smallest absolute Gasteiger partial charge is 0.339 e. The van der Waals surface area contributed by atoms with Crippen molar-refractivity contribution in [1.82, 2.24) is 0 Å². The molecule has 0 radical (unpaired) electrons. The predicted molar refractivity (Wildman–Crippen MR) is 75.2 cm³/mol. The third kappa shape index (κ3) is 3.76. The first-order valence-corrected chi connectivity index (χ1v) is 6.94. The summed E-state index contributed by atoms with van der Waals surface area (Å²) in [4.78, 5) is 32.2. The zero-order valence-corrected chi connectivity index (χ0v) is 12.9. The maximum Gasteiger partial charge on any atom is 0.339 e. The molecule has 0 aromatic carbocycles. The van der Waals surface area contributed by atoms with E-state index < -0.39 is 34.2 Å². The van der Waals surface area contributed by atoms with Gasteiger partial charge >= 0.3 is 11.9 Å². The molecule has 0 aliphatic rings. The van der Waals surface area contributed by atoms with Crippen molar-refractivity contribution >= 4 is 23.5 Å². The van der Waals surface area contributed by atoms with E-state index in [2.05, 4.69) is 0 Å². The van der Waals surface area contributed by atoms with Gasteiger partial charge in [-0.2, -0.15) is 0 Å². The molecule has 0 saturated heterocycles. The lowest BCUT2D eigenvalue weighted by Gasteiger charge is -2.27. The maximum absolute atomic E-state index is 12.2. The minimum absolute atomic E-state index is 0.0211. The number of nitro groups is 1. The normalized spacial score (nSPS) is 12.5. The van der Waals surface area contributed by atoms with Crippen LogP contribution in [0.2, 0.25) is 0 Å². The van der Waals surface area contributed by atoms with Crippen molar-refractivity contribution in [2.75, 3.05) is 19.8 Å². The molecule has 1 atom stereocenters. The molecule has 1 aromatic heterocycles. The molecule has 122 valence electrons. The quantitative estimate of drug-likeness (QED) is 0.234. The maximum atomic E-state index is 12.2. The Morgan fingerprint density at radius 1 is 1.36 bits per heavy atom. The van der Waals surface area contributed by atoms with E-state index in [-0.39, 0.29) is 19.0 Å². The summed E-state index contributed by atoms with van der Waals surface area (Å²) in [7, 11) is 0. The summed E-state index contributed by atoms with van der Waals surface area (Å²) in [6, 6.07) is 2.86. The average molecular weight is 334 g/mol. The number of carbonyl (C=O) groups excluding carboxylic acids is 2. The number of halogens is 1. The van der Waals surface area contributed by atoms with Crippen molar-refractivity contribution in [2.24, 2.45) is 0 Å². The van der Waals surface area contributed by atoms with Crippen molar-refractivity contribution in [2.45, 2.75) is 24.6 Å². The van der Waals surface area contributed by atoms with Gasteiger partial charge in [-0.25, -0.2) is 9.59 Å². The second kappa shape index (κ2) is 7.79. The first kappa shape index (κ1) is 18.0.